The lowest BCUT2D eigenvalue weighted by Gasteiger charge is -2.42. The van der Waals surface area contributed by atoms with Crippen LogP contribution in [0.3, 0.4) is 0 Å². The third-order valence-corrected chi connectivity index (χ3v) is 12.3. The van der Waals surface area contributed by atoms with Gasteiger partial charge in [0.2, 0.25) is 0 Å². The molecule has 1 heterocycles. The summed E-state index contributed by atoms with van der Waals surface area (Å²) in [4.78, 5) is 11.6. The predicted octanol–water partition coefficient (Wildman–Crippen LogP) is 7.23. The van der Waals surface area contributed by atoms with Crippen LogP contribution in [0.25, 0.3) is 0 Å². The van der Waals surface area contributed by atoms with Gasteiger partial charge in [0.25, 0.3) is 0 Å². The van der Waals surface area contributed by atoms with Crippen molar-refractivity contribution in [2.24, 2.45) is 0 Å². The van der Waals surface area contributed by atoms with E-state index in [1.165, 1.54) is 0 Å². The zero-order chi connectivity index (χ0) is 27.8. The van der Waals surface area contributed by atoms with Gasteiger partial charge in [0, 0.05) is 18.1 Å². The minimum Gasteiger partial charge on any atom is -0.497 e. The summed E-state index contributed by atoms with van der Waals surface area (Å²) in [6.45, 7) is 14.0. The molecule has 6 nitrogen and oxygen atoms in total. The van der Waals surface area contributed by atoms with Crippen LogP contribution < -0.4 is 4.74 Å². The van der Waals surface area contributed by atoms with E-state index in [1.54, 1.807) is 7.11 Å². The van der Waals surface area contributed by atoms with Gasteiger partial charge in [-0.2, -0.15) is 0 Å². The molecule has 0 aromatic heterocycles. The summed E-state index contributed by atoms with van der Waals surface area (Å²) in [6, 6.07) is 17.7. The topological polar surface area (TPSA) is 63.2 Å². The molecule has 210 valence electrons. The summed E-state index contributed by atoms with van der Waals surface area (Å²) in [7, 11) is -0.178. The Morgan fingerprint density at radius 1 is 1.00 bits per heavy atom. The Bertz CT molecular complexity index is 972. The molecule has 2 aromatic carbocycles. The first-order chi connectivity index (χ1) is 18.0. The van der Waals surface area contributed by atoms with Crippen molar-refractivity contribution in [1.82, 2.24) is 0 Å². The molecule has 1 aliphatic heterocycles. The van der Waals surface area contributed by atoms with Gasteiger partial charge in [0.1, 0.15) is 18.1 Å². The first kappa shape index (κ1) is 30.5. The van der Waals surface area contributed by atoms with Crippen LogP contribution in [-0.4, -0.2) is 46.1 Å². The highest BCUT2D eigenvalue weighted by Gasteiger charge is 2.41. The molecule has 38 heavy (non-hydrogen) atoms. The highest BCUT2D eigenvalue weighted by molar-refractivity contribution is 6.74. The highest BCUT2D eigenvalue weighted by Crippen LogP contribution is 2.38. The molecule has 0 aliphatic carbocycles. The lowest BCUT2D eigenvalue weighted by atomic mass is 9.97. The molecule has 0 saturated carbocycles. The molecule has 0 N–H and O–H groups in total. The Hall–Kier alpha value is -2.03. The Morgan fingerprint density at radius 3 is 2.26 bits per heavy atom. The van der Waals surface area contributed by atoms with Crippen molar-refractivity contribution in [1.29, 1.82) is 0 Å². The van der Waals surface area contributed by atoms with E-state index in [4.69, 9.17) is 23.4 Å². The van der Waals surface area contributed by atoms with E-state index in [9.17, 15) is 4.79 Å². The molecule has 0 spiro atoms. The predicted molar refractivity (Wildman–Crippen MR) is 153 cm³/mol. The van der Waals surface area contributed by atoms with Crippen LogP contribution in [0.5, 0.6) is 5.75 Å². The number of rotatable bonds is 13. The molecule has 1 saturated heterocycles. The average molecular weight is 543 g/mol. The van der Waals surface area contributed by atoms with E-state index in [0.717, 1.165) is 42.4 Å². The Labute approximate surface area is 230 Å². The maximum Gasteiger partial charge on any atom is 0.192 e. The van der Waals surface area contributed by atoms with E-state index in [2.05, 4.69) is 40.8 Å². The van der Waals surface area contributed by atoms with Crippen LogP contribution in [-0.2, 0) is 30.0 Å². The molecule has 3 rings (SSSR count). The molecular formula is C31H46O6Si. The Balaban J connectivity index is 1.71. The Kier molecular flexibility index (Phi) is 11.1. The number of benzene rings is 2. The second kappa shape index (κ2) is 13.9. The molecule has 0 amide bonds. The normalized spacial score (nSPS) is 23.1. The molecule has 2 aromatic rings. The monoisotopic (exact) mass is 542 g/mol. The molecular weight excluding hydrogens is 496 g/mol. The van der Waals surface area contributed by atoms with Crippen molar-refractivity contribution >= 4 is 14.6 Å². The number of methoxy groups -OCH3 is 1. The van der Waals surface area contributed by atoms with Crippen molar-refractivity contribution in [3.63, 3.8) is 0 Å². The average Bonchev–Trinajstić information content (AvgIpc) is 2.88. The van der Waals surface area contributed by atoms with Crippen molar-refractivity contribution < 1.29 is 28.2 Å². The van der Waals surface area contributed by atoms with Crippen molar-refractivity contribution in [2.45, 2.75) is 109 Å². The largest absolute Gasteiger partial charge is 0.497 e. The molecule has 7 heteroatoms. The number of aldehydes is 1. The fourth-order valence-corrected chi connectivity index (χ4v) is 5.98. The van der Waals surface area contributed by atoms with Gasteiger partial charge < -0.3 is 28.2 Å². The van der Waals surface area contributed by atoms with Crippen LogP contribution >= 0.6 is 0 Å². The molecule has 1 fully saturated rings. The van der Waals surface area contributed by atoms with E-state index < -0.39 is 20.7 Å². The van der Waals surface area contributed by atoms with E-state index in [1.807, 2.05) is 54.6 Å². The number of carbonyl (C=O) groups excluding carboxylic acids is 1. The summed E-state index contributed by atoms with van der Waals surface area (Å²) >= 11 is 0. The first-order valence-electron chi connectivity index (χ1n) is 13.8. The van der Waals surface area contributed by atoms with Crippen LogP contribution in [0.1, 0.15) is 70.8 Å². The summed E-state index contributed by atoms with van der Waals surface area (Å²) < 4.78 is 31.1. The molecule has 0 bridgehead atoms. The number of carbonyl (C=O) groups is 1. The maximum absolute atomic E-state index is 11.6. The summed E-state index contributed by atoms with van der Waals surface area (Å²) in [5.74, 6) is 0.800. The zero-order valence-electron chi connectivity index (χ0n) is 24.1. The minimum absolute atomic E-state index is 0.171. The smallest absolute Gasteiger partial charge is 0.192 e. The van der Waals surface area contributed by atoms with Gasteiger partial charge in [-0.15, -0.1) is 0 Å². The van der Waals surface area contributed by atoms with Gasteiger partial charge in [-0.3, -0.25) is 0 Å². The van der Waals surface area contributed by atoms with E-state index in [0.29, 0.717) is 6.61 Å². The lowest BCUT2D eigenvalue weighted by molar-refractivity contribution is -0.299. The summed E-state index contributed by atoms with van der Waals surface area (Å²) in [5, 5.41) is 0.177. The van der Waals surface area contributed by atoms with Crippen LogP contribution in [0, 0.1) is 0 Å². The number of hydrogen-bond donors (Lipinski definition) is 0. The van der Waals surface area contributed by atoms with Gasteiger partial charge in [-0.05, 0) is 62.0 Å². The standard InChI is InChI=1S/C31H46O6Si/c1-23(37-38(6,7)31(2,3)4)12-11-15-27-29(34-22-24-16-18-26(33-5)19-17-24)28(20-21-32)36-30(35-27)25-13-9-8-10-14-25/h8-10,13-14,16-19,21,23,27-30H,11-12,15,20,22H2,1-7H3/t23-,27+,28-,29+,30+/m1/s1. The zero-order valence-corrected chi connectivity index (χ0v) is 25.1. The quantitative estimate of drug-likeness (QED) is 0.196. The second-order valence-corrected chi connectivity index (χ2v) is 16.5. The molecule has 1 aliphatic rings. The van der Waals surface area contributed by atoms with Crippen LogP contribution in [0.4, 0.5) is 0 Å². The molecule has 5 atom stereocenters. The first-order valence-corrected chi connectivity index (χ1v) is 16.7. The minimum atomic E-state index is -1.83. The molecule has 0 unspecified atom stereocenters. The van der Waals surface area contributed by atoms with Gasteiger partial charge in [-0.25, -0.2) is 0 Å². The van der Waals surface area contributed by atoms with Crippen LogP contribution in [0.2, 0.25) is 18.1 Å². The summed E-state index contributed by atoms with van der Waals surface area (Å²) in [5.41, 5.74) is 1.97. The van der Waals surface area contributed by atoms with Crippen molar-refractivity contribution in [3.8, 4) is 5.75 Å². The van der Waals surface area contributed by atoms with Gasteiger partial charge in [-0.1, -0.05) is 63.2 Å². The SMILES string of the molecule is COc1ccc(CO[C@H]2[C@H](CCC[C@@H](C)O[Si](C)(C)C(C)(C)C)O[C@H](c3ccccc3)O[C@@H]2CC=O)cc1. The van der Waals surface area contributed by atoms with Crippen molar-refractivity contribution in [3.05, 3.63) is 65.7 Å². The maximum atomic E-state index is 11.6. The highest BCUT2D eigenvalue weighted by atomic mass is 28.4. The second-order valence-electron chi connectivity index (χ2n) is 11.7. The number of hydrogen-bond acceptors (Lipinski definition) is 6. The van der Waals surface area contributed by atoms with Gasteiger partial charge in [0.05, 0.1) is 25.9 Å². The van der Waals surface area contributed by atoms with Crippen molar-refractivity contribution in [2.75, 3.05) is 7.11 Å². The van der Waals surface area contributed by atoms with E-state index in [-0.39, 0.29) is 29.8 Å². The fourth-order valence-electron chi connectivity index (χ4n) is 4.50. The van der Waals surface area contributed by atoms with Crippen LogP contribution in [0.15, 0.2) is 54.6 Å². The third kappa shape index (κ3) is 8.48. The molecule has 0 radical (unpaired) electrons. The lowest BCUT2D eigenvalue weighted by Crippen LogP contribution is -2.49. The fraction of sp³-hybridized carbons (Fsp3) is 0.581. The third-order valence-electron chi connectivity index (χ3n) is 7.73. The Morgan fingerprint density at radius 2 is 1.66 bits per heavy atom. The summed E-state index contributed by atoms with van der Waals surface area (Å²) in [6.07, 6.45) is 2.49. The number of ether oxygens (including phenoxy) is 4. The van der Waals surface area contributed by atoms with E-state index >= 15 is 0 Å². The van der Waals surface area contributed by atoms with Gasteiger partial charge >= 0.3 is 0 Å². The van der Waals surface area contributed by atoms with Gasteiger partial charge in [0.15, 0.2) is 14.6 Å².